The number of hydrogen-bond acceptors (Lipinski definition) is 2. The van der Waals surface area contributed by atoms with Gasteiger partial charge in [0.2, 0.25) is 0 Å². The van der Waals surface area contributed by atoms with Gasteiger partial charge in [-0.3, -0.25) is 0 Å². The first-order chi connectivity index (χ1) is 5.85. The molecule has 1 aliphatic heterocycles. The van der Waals surface area contributed by atoms with Crippen molar-refractivity contribution < 1.29 is 0 Å². The van der Waals surface area contributed by atoms with Crippen LogP contribution >= 0.6 is 0 Å². The minimum atomic E-state index is 0.522. The SMILES string of the molecule is CCN1CCNC2(CCCC2)C1. The number of nitrogens with one attached hydrogen (secondary N) is 1. The van der Waals surface area contributed by atoms with Crippen LogP contribution in [0.5, 0.6) is 0 Å². The minimum absolute atomic E-state index is 0.522. The van der Waals surface area contributed by atoms with Crippen LogP contribution < -0.4 is 5.32 Å². The van der Waals surface area contributed by atoms with Gasteiger partial charge in [-0.05, 0) is 19.4 Å². The third-order valence-corrected chi connectivity index (χ3v) is 3.46. The maximum atomic E-state index is 3.72. The van der Waals surface area contributed by atoms with Crippen molar-refractivity contribution in [3.8, 4) is 0 Å². The molecule has 0 atom stereocenters. The van der Waals surface area contributed by atoms with Crippen molar-refractivity contribution in [2.45, 2.75) is 38.1 Å². The summed E-state index contributed by atoms with van der Waals surface area (Å²) < 4.78 is 0. The van der Waals surface area contributed by atoms with E-state index in [2.05, 4.69) is 17.1 Å². The molecule has 0 bridgehead atoms. The molecule has 2 nitrogen and oxygen atoms in total. The predicted molar refractivity (Wildman–Crippen MR) is 51.3 cm³/mol. The molecule has 1 spiro atoms. The van der Waals surface area contributed by atoms with E-state index < -0.39 is 0 Å². The summed E-state index contributed by atoms with van der Waals surface area (Å²) in [5.74, 6) is 0. The Morgan fingerprint density at radius 2 is 2.08 bits per heavy atom. The van der Waals surface area contributed by atoms with Gasteiger partial charge >= 0.3 is 0 Å². The van der Waals surface area contributed by atoms with Crippen molar-refractivity contribution in [1.82, 2.24) is 10.2 Å². The Bertz CT molecular complexity index is 150. The molecule has 0 amide bonds. The van der Waals surface area contributed by atoms with Crippen LogP contribution in [0.3, 0.4) is 0 Å². The highest BCUT2D eigenvalue weighted by molar-refractivity contribution is 4.97. The van der Waals surface area contributed by atoms with Crippen LogP contribution in [0.1, 0.15) is 32.6 Å². The Labute approximate surface area is 75.3 Å². The first kappa shape index (κ1) is 8.52. The van der Waals surface area contributed by atoms with Gasteiger partial charge in [-0.25, -0.2) is 0 Å². The van der Waals surface area contributed by atoms with Crippen LogP contribution in [-0.2, 0) is 0 Å². The topological polar surface area (TPSA) is 15.3 Å². The van der Waals surface area contributed by atoms with Gasteiger partial charge in [0.15, 0.2) is 0 Å². The number of likely N-dealkylation sites (N-methyl/N-ethyl adjacent to an activating group) is 1. The van der Waals surface area contributed by atoms with Crippen LogP contribution in [0, 0.1) is 0 Å². The summed E-state index contributed by atoms with van der Waals surface area (Å²) in [7, 11) is 0. The van der Waals surface area contributed by atoms with Gasteiger partial charge < -0.3 is 10.2 Å². The number of nitrogens with zero attached hydrogens (tertiary/aromatic N) is 1. The molecule has 0 radical (unpaired) electrons. The molecule has 1 N–H and O–H groups in total. The fourth-order valence-electron chi connectivity index (χ4n) is 2.70. The normalized spacial score (nSPS) is 29.8. The van der Waals surface area contributed by atoms with E-state index in [0.29, 0.717) is 5.54 Å². The maximum Gasteiger partial charge on any atom is 0.0309 e. The molecule has 2 fully saturated rings. The van der Waals surface area contributed by atoms with E-state index in [-0.39, 0.29) is 0 Å². The van der Waals surface area contributed by atoms with Gasteiger partial charge in [0.1, 0.15) is 0 Å². The van der Waals surface area contributed by atoms with Crippen LogP contribution in [0.15, 0.2) is 0 Å². The Balaban J connectivity index is 1.97. The van der Waals surface area contributed by atoms with Gasteiger partial charge in [-0.15, -0.1) is 0 Å². The Morgan fingerprint density at radius 3 is 2.75 bits per heavy atom. The first-order valence-corrected chi connectivity index (χ1v) is 5.32. The largest absolute Gasteiger partial charge is 0.309 e. The highest BCUT2D eigenvalue weighted by Gasteiger charge is 2.36. The van der Waals surface area contributed by atoms with Crippen molar-refractivity contribution in [2.75, 3.05) is 26.2 Å². The predicted octanol–water partition coefficient (Wildman–Crippen LogP) is 1.22. The maximum absolute atomic E-state index is 3.72. The molecule has 1 heterocycles. The molecule has 1 aliphatic carbocycles. The third-order valence-electron chi connectivity index (χ3n) is 3.46. The summed E-state index contributed by atoms with van der Waals surface area (Å²) in [6.45, 7) is 7.24. The average Bonchev–Trinajstić information content (AvgIpc) is 2.53. The van der Waals surface area contributed by atoms with Gasteiger partial charge in [0, 0.05) is 25.2 Å². The molecule has 0 unspecified atom stereocenters. The standard InChI is InChI=1S/C10H20N2/c1-2-12-8-7-11-10(9-12)5-3-4-6-10/h11H,2-9H2,1H3. The molecule has 1 saturated carbocycles. The van der Waals surface area contributed by atoms with Crippen molar-refractivity contribution in [3.05, 3.63) is 0 Å². The zero-order valence-corrected chi connectivity index (χ0v) is 8.10. The lowest BCUT2D eigenvalue weighted by atomic mass is 9.95. The van der Waals surface area contributed by atoms with Crippen LogP contribution in [-0.4, -0.2) is 36.6 Å². The monoisotopic (exact) mass is 168 g/mol. The molecule has 2 heteroatoms. The van der Waals surface area contributed by atoms with E-state index in [0.717, 1.165) is 0 Å². The summed E-state index contributed by atoms with van der Waals surface area (Å²) in [6, 6.07) is 0. The van der Waals surface area contributed by atoms with E-state index in [1.54, 1.807) is 0 Å². The average molecular weight is 168 g/mol. The molecular formula is C10H20N2. The molecule has 70 valence electrons. The van der Waals surface area contributed by atoms with Gasteiger partial charge in [0.05, 0.1) is 0 Å². The molecule has 2 aliphatic rings. The quantitative estimate of drug-likeness (QED) is 0.633. The summed E-state index contributed by atoms with van der Waals surface area (Å²) >= 11 is 0. The summed E-state index contributed by atoms with van der Waals surface area (Å²) in [4.78, 5) is 2.59. The molecule has 1 saturated heterocycles. The van der Waals surface area contributed by atoms with Crippen LogP contribution in [0.25, 0.3) is 0 Å². The van der Waals surface area contributed by atoms with Gasteiger partial charge in [-0.1, -0.05) is 19.8 Å². The summed E-state index contributed by atoms with van der Waals surface area (Å²) in [5.41, 5.74) is 0.522. The van der Waals surface area contributed by atoms with Crippen molar-refractivity contribution in [3.63, 3.8) is 0 Å². The highest BCUT2D eigenvalue weighted by Crippen LogP contribution is 2.31. The first-order valence-electron chi connectivity index (χ1n) is 5.32. The molecule has 0 aromatic carbocycles. The third kappa shape index (κ3) is 1.50. The molecular weight excluding hydrogens is 148 g/mol. The molecule has 0 aromatic heterocycles. The van der Waals surface area contributed by atoms with E-state index in [4.69, 9.17) is 0 Å². The highest BCUT2D eigenvalue weighted by atomic mass is 15.2. The number of piperazine rings is 1. The zero-order chi connectivity index (χ0) is 8.44. The number of hydrogen-bond donors (Lipinski definition) is 1. The van der Waals surface area contributed by atoms with Gasteiger partial charge in [0.25, 0.3) is 0 Å². The minimum Gasteiger partial charge on any atom is -0.309 e. The fourth-order valence-corrected chi connectivity index (χ4v) is 2.70. The van der Waals surface area contributed by atoms with E-state index in [1.165, 1.54) is 51.9 Å². The van der Waals surface area contributed by atoms with Crippen molar-refractivity contribution in [2.24, 2.45) is 0 Å². The Kier molecular flexibility index (Phi) is 2.37. The van der Waals surface area contributed by atoms with E-state index in [9.17, 15) is 0 Å². The molecule has 12 heavy (non-hydrogen) atoms. The summed E-state index contributed by atoms with van der Waals surface area (Å²) in [5, 5.41) is 3.72. The summed E-state index contributed by atoms with van der Waals surface area (Å²) in [6.07, 6.45) is 5.68. The zero-order valence-electron chi connectivity index (χ0n) is 8.10. The van der Waals surface area contributed by atoms with Crippen molar-refractivity contribution >= 4 is 0 Å². The van der Waals surface area contributed by atoms with E-state index >= 15 is 0 Å². The number of rotatable bonds is 1. The van der Waals surface area contributed by atoms with Crippen molar-refractivity contribution in [1.29, 1.82) is 0 Å². The van der Waals surface area contributed by atoms with E-state index in [1.807, 2.05) is 0 Å². The molecule has 0 aromatic rings. The smallest absolute Gasteiger partial charge is 0.0309 e. The lowest BCUT2D eigenvalue weighted by Crippen LogP contribution is -2.58. The second kappa shape index (κ2) is 3.35. The lowest BCUT2D eigenvalue weighted by Gasteiger charge is -2.41. The second-order valence-electron chi connectivity index (χ2n) is 4.28. The van der Waals surface area contributed by atoms with Gasteiger partial charge in [-0.2, -0.15) is 0 Å². The molecule has 2 rings (SSSR count). The second-order valence-corrected chi connectivity index (χ2v) is 4.28. The Hall–Kier alpha value is -0.0800. The van der Waals surface area contributed by atoms with Crippen LogP contribution in [0.4, 0.5) is 0 Å². The Morgan fingerprint density at radius 1 is 1.33 bits per heavy atom. The fraction of sp³-hybridized carbons (Fsp3) is 1.00. The lowest BCUT2D eigenvalue weighted by molar-refractivity contribution is 0.140. The van der Waals surface area contributed by atoms with Crippen LogP contribution in [0.2, 0.25) is 0 Å².